The van der Waals surface area contributed by atoms with Gasteiger partial charge in [0, 0.05) is 33.4 Å². The van der Waals surface area contributed by atoms with E-state index in [1.807, 2.05) is 64.1 Å². The molecule has 68 heavy (non-hydrogen) atoms. The van der Waals surface area contributed by atoms with Gasteiger partial charge in [0.25, 0.3) is 0 Å². The Bertz CT molecular complexity index is 3310. The quantitative estimate of drug-likeness (QED) is 0.122. The summed E-state index contributed by atoms with van der Waals surface area (Å²) in [5.41, 5.74) is 10.8. The molecular weight excluding hydrogens is 1010 g/mol. The van der Waals surface area contributed by atoms with Crippen molar-refractivity contribution in [3.8, 4) is 28.2 Å². The van der Waals surface area contributed by atoms with Gasteiger partial charge in [-0.05, 0) is 60.0 Å². The second-order valence-corrected chi connectivity index (χ2v) is 20.1. The van der Waals surface area contributed by atoms with Crippen LogP contribution in [0.25, 0.3) is 61.2 Å². The Morgan fingerprint density at radius 1 is 0.647 bits per heavy atom. The predicted octanol–water partition coefficient (Wildman–Crippen LogP) is 14.4. The van der Waals surface area contributed by atoms with Gasteiger partial charge in [-0.1, -0.05) is 152 Å². The number of imidazole rings is 1. The largest absolute Gasteiger partial charge is 3.00 e. The summed E-state index contributed by atoms with van der Waals surface area (Å²) in [5, 5.41) is 2.16. The number of benzene rings is 6. The van der Waals surface area contributed by atoms with Gasteiger partial charge in [0.2, 0.25) is 5.95 Å². The van der Waals surface area contributed by atoms with Crippen molar-refractivity contribution in [2.75, 3.05) is 4.90 Å². The molecule has 0 spiro atoms. The average molecular weight is 1070 g/mol. The van der Waals surface area contributed by atoms with Crippen molar-refractivity contribution in [2.45, 2.75) is 78.6 Å². The van der Waals surface area contributed by atoms with Crippen LogP contribution in [0.4, 0.5) is 17.5 Å². The zero-order valence-electron chi connectivity index (χ0n) is 40.3. The molecule has 4 aromatic heterocycles. The minimum Gasteiger partial charge on any atom is -0.469 e. The summed E-state index contributed by atoms with van der Waals surface area (Å²) in [6.07, 6.45) is 1.77. The van der Waals surface area contributed by atoms with Gasteiger partial charge in [0.15, 0.2) is 0 Å². The van der Waals surface area contributed by atoms with E-state index in [9.17, 15) is 0 Å². The third-order valence-corrected chi connectivity index (χ3v) is 11.9. The third-order valence-electron chi connectivity index (χ3n) is 11.9. The second kappa shape index (κ2) is 18.6. The molecule has 0 N–H and O–H groups in total. The van der Waals surface area contributed by atoms with Crippen LogP contribution in [0.15, 0.2) is 162 Å². The first-order valence-corrected chi connectivity index (χ1v) is 22.8. The van der Waals surface area contributed by atoms with E-state index in [-0.39, 0.29) is 36.4 Å². The first kappa shape index (κ1) is 47.4. The van der Waals surface area contributed by atoms with Crippen molar-refractivity contribution in [2.24, 2.45) is 0 Å². The van der Waals surface area contributed by atoms with Gasteiger partial charge in [-0.25, -0.2) is 9.97 Å². The number of fused-ring (bicyclic) bond motifs is 4. The fourth-order valence-electron chi connectivity index (χ4n) is 8.32. The molecule has 0 atom stereocenters. The summed E-state index contributed by atoms with van der Waals surface area (Å²) >= 11 is 0. The third kappa shape index (κ3) is 9.16. The molecule has 0 amide bonds. The van der Waals surface area contributed by atoms with E-state index in [1.54, 1.807) is 6.20 Å². The zero-order valence-corrected chi connectivity index (χ0v) is 42.7. The van der Waals surface area contributed by atoms with E-state index in [4.69, 9.17) is 19.4 Å². The Kier molecular flexibility index (Phi) is 12.9. The van der Waals surface area contributed by atoms with E-state index in [1.165, 1.54) is 11.1 Å². The van der Waals surface area contributed by atoms with Crippen molar-refractivity contribution in [3.63, 3.8) is 0 Å². The summed E-state index contributed by atoms with van der Waals surface area (Å²) in [6.45, 7) is 23.9. The Hall–Kier alpha value is -7.06. The number of nitrogens with zero attached hydrogens (tertiary/aromatic N) is 7. The molecule has 0 radical (unpaired) electrons. The Labute approximate surface area is 414 Å². The smallest absolute Gasteiger partial charge is 0.469 e. The molecule has 342 valence electrons. The van der Waals surface area contributed by atoms with Gasteiger partial charge in [0.05, 0.1) is 11.1 Å². The van der Waals surface area contributed by atoms with Gasteiger partial charge < -0.3 is 8.98 Å². The number of anilines is 3. The fraction of sp³-hybridized carbons (Fsp3) is 0.203. The number of pyridine rings is 1. The van der Waals surface area contributed by atoms with Crippen LogP contribution in [0, 0.1) is 20.0 Å². The van der Waals surface area contributed by atoms with E-state index < -0.39 is 0 Å². The standard InChI is InChI=1S/C37H31N2O.C22H26N5.Ir/c1-24-19-21-28-27-15-9-12-18-33(27)40-35(28)34(24)36-38(5)31-16-10-11-17-32(31)39(36)30-22-20-26(37(2,3)4)23-29(30)25-13-7-6-8-14-25;1-21(2,3)18-24-19(22(4,5)6)26-20(25-18)27(16-12-8-7-9-13-16)17-14-10-11-15-23-17;/h6-23H,1,5H2,2-4H3;7-12,14-15H,1-6H3;/q2*-1;+3. The Morgan fingerprint density at radius 2 is 1.31 bits per heavy atom. The van der Waals surface area contributed by atoms with Crippen molar-refractivity contribution in [1.29, 1.82) is 0 Å². The second-order valence-electron chi connectivity index (χ2n) is 20.1. The summed E-state index contributed by atoms with van der Waals surface area (Å²) in [7, 11) is 4.56. The number of hydrogen-bond acceptors (Lipinski definition) is 6. The molecule has 4 heterocycles. The first-order valence-electron chi connectivity index (χ1n) is 22.8. The minimum absolute atomic E-state index is 0. The van der Waals surface area contributed by atoms with Crippen LogP contribution in [0.1, 0.15) is 85.1 Å². The summed E-state index contributed by atoms with van der Waals surface area (Å²) < 4.78 is 10.9. The van der Waals surface area contributed by atoms with Crippen molar-refractivity contribution in [1.82, 2.24) is 24.5 Å². The van der Waals surface area contributed by atoms with Crippen molar-refractivity contribution >= 4 is 50.4 Å². The summed E-state index contributed by atoms with van der Waals surface area (Å²) in [6, 6.07) is 55.1. The maximum Gasteiger partial charge on any atom is 3.00 e. The van der Waals surface area contributed by atoms with Gasteiger partial charge in [-0.2, -0.15) is 52.8 Å². The zero-order chi connectivity index (χ0) is 47.3. The van der Waals surface area contributed by atoms with Crippen LogP contribution in [-0.4, -0.2) is 24.5 Å². The molecule has 0 fully saturated rings. The van der Waals surface area contributed by atoms with Crippen LogP contribution in [0.2, 0.25) is 0 Å². The molecule has 0 aliphatic carbocycles. The van der Waals surface area contributed by atoms with Crippen LogP contribution >= 0.6 is 0 Å². The van der Waals surface area contributed by atoms with Crippen molar-refractivity contribution < 1.29 is 29.1 Å². The maximum atomic E-state index is 6.54. The fourth-order valence-corrected chi connectivity index (χ4v) is 8.32. The molecule has 8 nitrogen and oxygen atoms in total. The van der Waals surface area contributed by atoms with E-state index >= 15 is 0 Å². The topological polar surface area (TPSA) is 76.8 Å². The van der Waals surface area contributed by atoms with Gasteiger partial charge in [0.1, 0.15) is 40.1 Å². The number of aromatic nitrogens is 6. The molecule has 0 unspecified atom stereocenters. The van der Waals surface area contributed by atoms with E-state index in [0.29, 0.717) is 5.95 Å². The van der Waals surface area contributed by atoms with Crippen LogP contribution in [0.5, 0.6) is 0 Å². The van der Waals surface area contributed by atoms with Gasteiger partial charge >= 0.3 is 20.1 Å². The molecule has 0 aliphatic rings. The molecular formula is C59H57IrN7O+. The molecule has 10 rings (SSSR count). The summed E-state index contributed by atoms with van der Waals surface area (Å²) in [5.74, 6) is 3.74. The van der Waals surface area contributed by atoms with Gasteiger partial charge in [-0.15, -0.1) is 12.1 Å². The molecule has 0 saturated heterocycles. The number of furan rings is 1. The van der Waals surface area contributed by atoms with E-state index in [2.05, 4.69) is 189 Å². The molecule has 9 heteroatoms. The summed E-state index contributed by atoms with van der Waals surface area (Å²) in [4.78, 5) is 20.8. The van der Waals surface area contributed by atoms with E-state index in [0.717, 1.165) is 84.3 Å². The minimum atomic E-state index is -0.201. The van der Waals surface area contributed by atoms with Crippen LogP contribution < -0.4 is 9.47 Å². The Balaban J connectivity index is 0.000000196. The molecule has 10 aromatic rings. The average Bonchev–Trinajstić information content (AvgIpc) is 3.83. The van der Waals surface area contributed by atoms with Crippen LogP contribution in [0.3, 0.4) is 0 Å². The molecule has 0 saturated carbocycles. The first-order chi connectivity index (χ1) is 32.0. The number of para-hydroxylation sites is 4. The van der Waals surface area contributed by atoms with Gasteiger partial charge in [-0.3, -0.25) is 9.47 Å². The Morgan fingerprint density at radius 3 is 1.97 bits per heavy atom. The maximum absolute atomic E-state index is 6.54. The molecule has 0 bridgehead atoms. The number of hydrogen-bond donors (Lipinski definition) is 0. The van der Waals surface area contributed by atoms with Crippen LogP contribution in [-0.2, 0) is 36.4 Å². The molecule has 0 aliphatic heterocycles. The number of rotatable bonds is 6. The predicted molar refractivity (Wildman–Crippen MR) is 274 cm³/mol. The molecule has 6 aromatic carbocycles. The van der Waals surface area contributed by atoms with Crippen molar-refractivity contribution in [3.05, 3.63) is 201 Å². The monoisotopic (exact) mass is 1070 g/mol. The SMILES string of the molecule is CC(C)(C)c1nc(N(c2[c-]cccc2)c2ccccn2)nc(C(C)(C)C)n1.[CH2-]c1ccc2c(oc3ccccc32)c1-c1n(-c2ccc(C(C)(C)C)cc2-c2ccccc2)c2ccccc2[n+]1[CH2-].[Ir+3]. The normalized spacial score (nSPS) is 11.9.